The second-order valence-corrected chi connectivity index (χ2v) is 6.98. The van der Waals surface area contributed by atoms with Crippen LogP contribution in [0.5, 0.6) is 0 Å². The number of rotatable bonds is 5. The summed E-state index contributed by atoms with van der Waals surface area (Å²) in [4.78, 5) is 2.72. The van der Waals surface area contributed by atoms with E-state index in [9.17, 15) is 17.2 Å². The van der Waals surface area contributed by atoms with E-state index in [0.29, 0.717) is 11.8 Å². The van der Waals surface area contributed by atoms with E-state index in [0.717, 1.165) is 11.6 Å². The van der Waals surface area contributed by atoms with Crippen LogP contribution in [0.25, 0.3) is 11.3 Å². The van der Waals surface area contributed by atoms with Gasteiger partial charge in [-0.1, -0.05) is 30.3 Å². The Balaban J connectivity index is 1.91. The predicted molar refractivity (Wildman–Crippen MR) is 89.3 cm³/mol. The van der Waals surface area contributed by atoms with Crippen molar-refractivity contribution in [2.45, 2.75) is 11.5 Å². The number of benzene rings is 2. The lowest BCUT2D eigenvalue weighted by Crippen LogP contribution is -2.14. The summed E-state index contributed by atoms with van der Waals surface area (Å²) in [7, 11) is -4.11. The van der Waals surface area contributed by atoms with Gasteiger partial charge in [0, 0.05) is 23.5 Å². The first-order valence-corrected chi connectivity index (χ1v) is 8.74. The molecule has 3 rings (SSSR count). The largest absolute Gasteiger partial charge is 0.392 e. The van der Waals surface area contributed by atoms with E-state index in [1.807, 2.05) is 22.9 Å². The Kier molecular flexibility index (Phi) is 4.56. The number of halogens is 2. The number of aliphatic hydroxyl groups is 1. The first kappa shape index (κ1) is 17.1. The summed E-state index contributed by atoms with van der Waals surface area (Å²) in [5, 5.41) is 8.91. The number of nitrogens with one attached hydrogen (secondary N) is 2. The van der Waals surface area contributed by atoms with Crippen LogP contribution >= 0.6 is 0 Å². The van der Waals surface area contributed by atoms with Crippen molar-refractivity contribution in [1.82, 2.24) is 4.98 Å². The highest BCUT2D eigenvalue weighted by atomic mass is 32.2. The maximum Gasteiger partial charge on any atom is 0.263 e. The summed E-state index contributed by atoms with van der Waals surface area (Å²) >= 11 is 0. The van der Waals surface area contributed by atoms with Crippen molar-refractivity contribution in [3.8, 4) is 11.3 Å². The molecule has 0 spiro atoms. The van der Waals surface area contributed by atoms with Crippen molar-refractivity contribution in [2.75, 3.05) is 4.72 Å². The van der Waals surface area contributed by atoms with Crippen LogP contribution in [0.1, 0.15) is 5.56 Å². The number of anilines is 1. The molecule has 0 saturated carbocycles. The molecule has 0 aliphatic carbocycles. The minimum absolute atomic E-state index is 0.114. The van der Waals surface area contributed by atoms with E-state index in [1.54, 1.807) is 12.1 Å². The number of H-pyrrole nitrogens is 1. The van der Waals surface area contributed by atoms with Crippen LogP contribution in [0.4, 0.5) is 14.5 Å². The Morgan fingerprint density at radius 1 is 1.04 bits per heavy atom. The highest BCUT2D eigenvalue weighted by Gasteiger charge is 2.20. The first-order valence-electron chi connectivity index (χ1n) is 7.26. The molecule has 8 heteroatoms. The van der Waals surface area contributed by atoms with E-state index < -0.39 is 34.0 Å². The van der Waals surface area contributed by atoms with Gasteiger partial charge in [0.2, 0.25) is 0 Å². The van der Waals surface area contributed by atoms with E-state index in [2.05, 4.69) is 4.98 Å². The molecule has 3 aromatic rings. The average Bonchev–Trinajstić information content (AvgIpc) is 3.09. The van der Waals surface area contributed by atoms with E-state index >= 15 is 0 Å². The molecule has 1 aromatic heterocycles. The van der Waals surface area contributed by atoms with Crippen LogP contribution in [0.3, 0.4) is 0 Å². The maximum atomic E-state index is 13.9. The fraction of sp³-hybridized carbons (Fsp3) is 0.0588. The van der Waals surface area contributed by atoms with Crippen LogP contribution in [-0.4, -0.2) is 18.5 Å². The molecule has 1 heterocycles. The van der Waals surface area contributed by atoms with Crippen LogP contribution in [0.15, 0.2) is 59.6 Å². The Morgan fingerprint density at radius 3 is 2.44 bits per heavy atom. The van der Waals surface area contributed by atoms with Crippen LogP contribution in [0.2, 0.25) is 0 Å². The Hall–Kier alpha value is -2.71. The molecule has 3 N–H and O–H groups in total. The number of aromatic nitrogens is 1. The third-order valence-corrected chi connectivity index (χ3v) is 4.95. The van der Waals surface area contributed by atoms with Crippen LogP contribution < -0.4 is 4.72 Å². The lowest BCUT2D eigenvalue weighted by molar-refractivity contribution is 0.275. The minimum Gasteiger partial charge on any atom is -0.392 e. The molecule has 0 unspecified atom stereocenters. The normalized spacial score (nSPS) is 11.5. The van der Waals surface area contributed by atoms with E-state index in [4.69, 9.17) is 5.11 Å². The van der Waals surface area contributed by atoms with Gasteiger partial charge >= 0.3 is 0 Å². The second-order valence-electron chi connectivity index (χ2n) is 5.30. The Morgan fingerprint density at radius 2 is 1.76 bits per heavy atom. The molecule has 130 valence electrons. The molecule has 5 nitrogen and oxygen atoms in total. The highest BCUT2D eigenvalue weighted by Crippen LogP contribution is 2.25. The molecule has 0 atom stereocenters. The number of aliphatic hydroxyl groups excluding tert-OH is 1. The van der Waals surface area contributed by atoms with Gasteiger partial charge in [-0.3, -0.25) is 4.72 Å². The number of hydrogen-bond donors (Lipinski definition) is 3. The summed E-state index contributed by atoms with van der Waals surface area (Å²) in [6.45, 7) is -0.686. The van der Waals surface area contributed by atoms with Crippen molar-refractivity contribution >= 4 is 15.7 Å². The summed E-state index contributed by atoms with van der Waals surface area (Å²) in [5.41, 5.74) is 0.572. The van der Waals surface area contributed by atoms with Gasteiger partial charge in [0.15, 0.2) is 0 Å². The monoisotopic (exact) mass is 364 g/mol. The van der Waals surface area contributed by atoms with Crippen molar-refractivity contribution in [1.29, 1.82) is 0 Å². The molecular formula is C17H14F2N2O3S. The molecule has 25 heavy (non-hydrogen) atoms. The van der Waals surface area contributed by atoms with Gasteiger partial charge in [-0.25, -0.2) is 17.2 Å². The molecule has 0 amide bonds. The third kappa shape index (κ3) is 3.54. The predicted octanol–water partition coefficient (Wildman–Crippen LogP) is 3.25. The molecule has 0 radical (unpaired) electrons. The SMILES string of the molecule is O=S(=O)(Nc1cc(F)c(CO)cc1F)c1c[nH]c(-c2ccccc2)c1. The van der Waals surface area contributed by atoms with Gasteiger partial charge in [-0.15, -0.1) is 0 Å². The molecule has 0 saturated heterocycles. The van der Waals surface area contributed by atoms with Crippen molar-refractivity contribution in [3.63, 3.8) is 0 Å². The maximum absolute atomic E-state index is 13.9. The van der Waals surface area contributed by atoms with E-state index in [-0.39, 0.29) is 10.5 Å². The fourth-order valence-electron chi connectivity index (χ4n) is 2.31. The van der Waals surface area contributed by atoms with Gasteiger partial charge < -0.3 is 10.1 Å². The van der Waals surface area contributed by atoms with Gasteiger partial charge in [-0.2, -0.15) is 0 Å². The van der Waals surface area contributed by atoms with Gasteiger partial charge in [-0.05, 0) is 17.7 Å². The lowest BCUT2D eigenvalue weighted by atomic mass is 10.2. The van der Waals surface area contributed by atoms with Crippen molar-refractivity contribution in [3.05, 3.63) is 71.9 Å². The molecule has 0 bridgehead atoms. The molecule has 0 aliphatic heterocycles. The van der Waals surface area contributed by atoms with Gasteiger partial charge in [0.1, 0.15) is 16.5 Å². The first-order chi connectivity index (χ1) is 11.9. The van der Waals surface area contributed by atoms with E-state index in [1.165, 1.54) is 12.3 Å². The number of aromatic amines is 1. The van der Waals surface area contributed by atoms with Crippen molar-refractivity contribution < 1.29 is 22.3 Å². The highest BCUT2D eigenvalue weighted by molar-refractivity contribution is 7.92. The number of hydrogen-bond acceptors (Lipinski definition) is 3. The zero-order valence-corrected chi connectivity index (χ0v) is 13.6. The quantitative estimate of drug-likeness (QED) is 0.650. The molecule has 0 fully saturated rings. The zero-order valence-electron chi connectivity index (χ0n) is 12.8. The van der Waals surface area contributed by atoms with Crippen molar-refractivity contribution in [2.24, 2.45) is 0 Å². The molecule has 2 aromatic carbocycles. The summed E-state index contributed by atoms with van der Waals surface area (Å²) in [5.74, 6) is -1.88. The zero-order chi connectivity index (χ0) is 18.0. The smallest absolute Gasteiger partial charge is 0.263 e. The van der Waals surface area contributed by atoms with Crippen LogP contribution in [-0.2, 0) is 16.6 Å². The Labute approximate surface area is 143 Å². The van der Waals surface area contributed by atoms with Gasteiger partial charge in [0.25, 0.3) is 10.0 Å². The summed E-state index contributed by atoms with van der Waals surface area (Å²) in [6.07, 6.45) is 1.26. The molecule has 0 aliphatic rings. The minimum atomic E-state index is -4.11. The average molecular weight is 364 g/mol. The fourth-order valence-corrected chi connectivity index (χ4v) is 3.36. The Bertz CT molecular complexity index is 1000. The summed E-state index contributed by atoms with van der Waals surface area (Å²) < 4.78 is 54.4. The number of sulfonamides is 1. The molecular weight excluding hydrogens is 350 g/mol. The van der Waals surface area contributed by atoms with Crippen LogP contribution in [0, 0.1) is 11.6 Å². The topological polar surface area (TPSA) is 82.2 Å². The van der Waals surface area contributed by atoms with Gasteiger partial charge in [0.05, 0.1) is 12.3 Å². The second kappa shape index (κ2) is 6.66. The third-order valence-electron chi connectivity index (χ3n) is 3.60. The lowest BCUT2D eigenvalue weighted by Gasteiger charge is -2.09. The summed E-state index contributed by atoms with van der Waals surface area (Å²) in [6, 6.07) is 11.9. The standard InChI is InChI=1S/C17H14F2N2O3S/c18-14-8-17(15(19)6-12(14)10-22)21-25(23,24)13-7-16(20-9-13)11-4-2-1-3-5-11/h1-9,20-22H,10H2.